The predicted molar refractivity (Wildman–Crippen MR) is 90.3 cm³/mol. The average Bonchev–Trinajstić information content (AvgIpc) is 2.95. The topological polar surface area (TPSA) is 118 Å². The van der Waals surface area contributed by atoms with Crippen LogP contribution in [0.1, 0.15) is 45.4 Å². The number of ether oxygens (including phenoxy) is 4. The van der Waals surface area contributed by atoms with Gasteiger partial charge >= 0.3 is 12.1 Å². The maximum Gasteiger partial charge on any atom is 0.534 e. The zero-order chi connectivity index (χ0) is 19.9. The molecule has 0 N–H and O–H groups in total. The van der Waals surface area contributed by atoms with Crippen LogP contribution in [-0.4, -0.2) is 68.6 Å². The van der Waals surface area contributed by atoms with Crippen molar-refractivity contribution in [3.05, 3.63) is 0 Å². The number of hydroxylamine groups is 2. The smallest absolute Gasteiger partial charge is 0.463 e. The summed E-state index contributed by atoms with van der Waals surface area (Å²) in [6.45, 7) is 3.13. The van der Waals surface area contributed by atoms with Crippen LogP contribution >= 0.6 is 0 Å². The minimum absolute atomic E-state index is 0.0211. The van der Waals surface area contributed by atoms with Gasteiger partial charge in [-0.25, -0.2) is 4.79 Å². The highest BCUT2D eigenvalue weighted by molar-refractivity contribution is 6.01. The molecule has 0 saturated carbocycles. The molecule has 27 heavy (non-hydrogen) atoms. The van der Waals surface area contributed by atoms with Crippen molar-refractivity contribution >= 4 is 23.9 Å². The number of unbranched alkanes of at least 4 members (excludes halogenated alkanes) is 2. The van der Waals surface area contributed by atoms with Gasteiger partial charge < -0.3 is 18.9 Å². The van der Waals surface area contributed by atoms with E-state index in [0.29, 0.717) is 18.1 Å². The van der Waals surface area contributed by atoms with Gasteiger partial charge in [-0.15, -0.1) is 0 Å². The zero-order valence-electron chi connectivity index (χ0n) is 15.6. The molecule has 0 aromatic rings. The Labute approximate surface area is 158 Å². The van der Waals surface area contributed by atoms with Gasteiger partial charge in [-0.3, -0.25) is 19.2 Å². The van der Waals surface area contributed by atoms with Crippen LogP contribution in [0.15, 0.2) is 0 Å². The van der Waals surface area contributed by atoms with E-state index < -0.39 is 18.0 Å². The van der Waals surface area contributed by atoms with Crippen molar-refractivity contribution in [2.45, 2.75) is 45.4 Å². The van der Waals surface area contributed by atoms with Crippen molar-refractivity contribution < 1.29 is 43.0 Å². The molecule has 0 atom stereocenters. The first-order valence-corrected chi connectivity index (χ1v) is 9.06. The second-order valence-electron chi connectivity index (χ2n) is 5.67. The van der Waals surface area contributed by atoms with Crippen LogP contribution in [0.3, 0.4) is 0 Å². The van der Waals surface area contributed by atoms with Crippen LogP contribution in [0.25, 0.3) is 0 Å². The SMILES string of the molecule is CCCCCC(=O)OCCOCCOCCOC(=O)ON1C(=O)CCC1=O. The summed E-state index contributed by atoms with van der Waals surface area (Å²) in [5.74, 6) is -1.36. The highest BCUT2D eigenvalue weighted by atomic mass is 16.8. The molecular weight excluding hydrogens is 362 g/mol. The number of carbonyl (C=O) groups is 4. The fraction of sp³-hybridized carbons (Fsp3) is 0.765. The molecule has 10 heteroatoms. The second kappa shape index (κ2) is 13.9. The second-order valence-corrected chi connectivity index (χ2v) is 5.67. The molecule has 1 fully saturated rings. The van der Waals surface area contributed by atoms with Crippen molar-refractivity contribution in [1.29, 1.82) is 0 Å². The van der Waals surface area contributed by atoms with Crippen molar-refractivity contribution in [3.63, 3.8) is 0 Å². The van der Waals surface area contributed by atoms with E-state index in [1.165, 1.54) is 0 Å². The maximum absolute atomic E-state index is 11.3. The quantitative estimate of drug-likeness (QED) is 0.246. The van der Waals surface area contributed by atoms with Crippen LogP contribution in [0.4, 0.5) is 4.79 Å². The van der Waals surface area contributed by atoms with Gasteiger partial charge in [0.05, 0.1) is 26.4 Å². The Balaban J connectivity index is 1.87. The molecule has 10 nitrogen and oxygen atoms in total. The van der Waals surface area contributed by atoms with Gasteiger partial charge in [0.1, 0.15) is 13.2 Å². The molecule has 1 aliphatic heterocycles. The molecule has 1 rings (SSSR count). The Hall–Kier alpha value is -2.20. The summed E-state index contributed by atoms with van der Waals surface area (Å²) < 4.78 is 20.1. The van der Waals surface area contributed by atoms with Gasteiger partial charge in [0.25, 0.3) is 11.8 Å². The van der Waals surface area contributed by atoms with Crippen LogP contribution in [0.2, 0.25) is 0 Å². The van der Waals surface area contributed by atoms with Crippen molar-refractivity contribution in [2.24, 2.45) is 0 Å². The minimum atomic E-state index is -1.14. The molecule has 0 aliphatic carbocycles. The highest BCUT2D eigenvalue weighted by Crippen LogP contribution is 2.12. The molecule has 1 heterocycles. The number of rotatable bonds is 14. The number of hydrogen-bond donors (Lipinski definition) is 0. The number of amides is 2. The molecule has 0 radical (unpaired) electrons. The Morgan fingerprint density at radius 3 is 2.00 bits per heavy atom. The van der Waals surface area contributed by atoms with E-state index in [9.17, 15) is 19.2 Å². The molecule has 154 valence electrons. The largest absolute Gasteiger partial charge is 0.534 e. The first kappa shape index (κ1) is 22.8. The number of imide groups is 1. The van der Waals surface area contributed by atoms with Crippen molar-refractivity contribution in [3.8, 4) is 0 Å². The van der Waals surface area contributed by atoms with Crippen molar-refractivity contribution in [1.82, 2.24) is 5.06 Å². The highest BCUT2D eigenvalue weighted by Gasteiger charge is 2.33. The normalized spacial score (nSPS) is 13.7. The standard InChI is InChI=1S/C17H27NO9/c1-2-3-4-5-16(21)25-12-10-23-8-9-24-11-13-26-17(22)27-18-14(19)6-7-15(18)20/h2-13H2,1H3. The lowest BCUT2D eigenvalue weighted by molar-refractivity contribution is -0.177. The Bertz CT molecular complexity index is 479. The molecule has 2 amide bonds. The van der Waals surface area contributed by atoms with Gasteiger partial charge in [-0.05, 0) is 6.42 Å². The lowest BCUT2D eigenvalue weighted by atomic mass is 10.2. The summed E-state index contributed by atoms with van der Waals surface area (Å²) in [5.41, 5.74) is 0. The molecule has 1 aliphatic rings. The first-order chi connectivity index (χ1) is 13.0. The van der Waals surface area contributed by atoms with Crippen LogP contribution < -0.4 is 0 Å². The molecule has 0 bridgehead atoms. The summed E-state index contributed by atoms with van der Waals surface area (Å²) >= 11 is 0. The Morgan fingerprint density at radius 2 is 1.41 bits per heavy atom. The van der Waals surface area contributed by atoms with Crippen LogP contribution in [0.5, 0.6) is 0 Å². The first-order valence-electron chi connectivity index (χ1n) is 9.06. The van der Waals surface area contributed by atoms with E-state index in [0.717, 1.165) is 19.3 Å². The predicted octanol–water partition coefficient (Wildman–Crippen LogP) is 1.36. The summed E-state index contributed by atoms with van der Waals surface area (Å²) in [4.78, 5) is 49.7. The average molecular weight is 389 g/mol. The Morgan fingerprint density at radius 1 is 0.852 bits per heavy atom. The summed E-state index contributed by atoms with van der Waals surface area (Å²) in [6, 6.07) is 0. The molecular formula is C17H27NO9. The molecule has 0 spiro atoms. The van der Waals surface area contributed by atoms with Gasteiger partial charge in [-0.1, -0.05) is 24.8 Å². The molecule has 0 aromatic carbocycles. The maximum atomic E-state index is 11.3. The van der Waals surface area contributed by atoms with E-state index in [1.54, 1.807) is 0 Å². The number of hydrogen-bond acceptors (Lipinski definition) is 9. The number of esters is 1. The zero-order valence-corrected chi connectivity index (χ0v) is 15.6. The van der Waals surface area contributed by atoms with Crippen LogP contribution in [0, 0.1) is 0 Å². The van der Waals surface area contributed by atoms with E-state index >= 15 is 0 Å². The van der Waals surface area contributed by atoms with Gasteiger partial charge in [-0.2, -0.15) is 0 Å². The third kappa shape index (κ3) is 10.5. The number of nitrogens with zero attached hydrogens (tertiary/aromatic N) is 1. The van der Waals surface area contributed by atoms with E-state index in [4.69, 9.17) is 14.2 Å². The third-order valence-electron chi connectivity index (χ3n) is 3.47. The summed E-state index contributed by atoms with van der Waals surface area (Å²) in [7, 11) is 0. The fourth-order valence-electron chi connectivity index (χ4n) is 2.07. The summed E-state index contributed by atoms with van der Waals surface area (Å²) in [5, 5.41) is 0.410. The number of carbonyl (C=O) groups excluding carboxylic acids is 4. The van der Waals surface area contributed by atoms with Crippen LogP contribution in [-0.2, 0) is 38.2 Å². The molecule has 0 unspecified atom stereocenters. The lowest BCUT2D eigenvalue weighted by Gasteiger charge is -2.12. The van der Waals surface area contributed by atoms with Gasteiger partial charge in [0.2, 0.25) is 0 Å². The van der Waals surface area contributed by atoms with E-state index in [1.807, 2.05) is 0 Å². The summed E-state index contributed by atoms with van der Waals surface area (Å²) in [6.07, 6.45) is 2.24. The lowest BCUT2D eigenvalue weighted by Crippen LogP contribution is -2.32. The van der Waals surface area contributed by atoms with Gasteiger partial charge in [0, 0.05) is 19.3 Å². The van der Waals surface area contributed by atoms with Gasteiger partial charge in [0.15, 0.2) is 0 Å². The monoisotopic (exact) mass is 389 g/mol. The van der Waals surface area contributed by atoms with E-state index in [2.05, 4.69) is 16.5 Å². The van der Waals surface area contributed by atoms with Crippen molar-refractivity contribution in [2.75, 3.05) is 39.6 Å². The Kier molecular flexibility index (Phi) is 11.8. The fourth-order valence-corrected chi connectivity index (χ4v) is 2.07. The van der Waals surface area contributed by atoms with E-state index in [-0.39, 0.29) is 51.8 Å². The third-order valence-corrected chi connectivity index (χ3v) is 3.47. The minimum Gasteiger partial charge on any atom is -0.463 e. The molecule has 0 aromatic heterocycles. The molecule has 1 saturated heterocycles.